The molecule has 4 heteroatoms. The fourth-order valence-corrected chi connectivity index (χ4v) is 6.37. The first-order chi connectivity index (χ1) is 12.7. The minimum absolute atomic E-state index is 0.871. The maximum atomic E-state index is 4.57. The summed E-state index contributed by atoms with van der Waals surface area (Å²) in [7, 11) is 0. The van der Waals surface area contributed by atoms with Crippen LogP contribution in [0.1, 0.15) is 62.8 Å². The second kappa shape index (κ2) is 8.18. The van der Waals surface area contributed by atoms with Crippen molar-refractivity contribution in [2.75, 3.05) is 0 Å². The van der Waals surface area contributed by atoms with Crippen LogP contribution in [0.2, 0.25) is 0 Å². The van der Waals surface area contributed by atoms with Crippen molar-refractivity contribution in [3.05, 3.63) is 35.0 Å². The summed E-state index contributed by atoms with van der Waals surface area (Å²) in [6, 6.07) is 4.69. The van der Waals surface area contributed by atoms with Gasteiger partial charge in [-0.1, -0.05) is 46.0 Å². The number of nitrogens with zero attached hydrogens (tertiary/aromatic N) is 2. The van der Waals surface area contributed by atoms with E-state index >= 15 is 0 Å². The summed E-state index contributed by atoms with van der Waals surface area (Å²) >= 11 is 3.81. The zero-order valence-corrected chi connectivity index (χ0v) is 17.5. The van der Waals surface area contributed by atoms with Crippen LogP contribution >= 0.6 is 22.7 Å². The Kier molecular flexibility index (Phi) is 5.70. The molecule has 0 spiro atoms. The highest BCUT2D eigenvalue weighted by molar-refractivity contribution is 7.29. The third-order valence-corrected chi connectivity index (χ3v) is 8.01. The summed E-state index contributed by atoms with van der Waals surface area (Å²) in [5.74, 6) is 2.78. The molecule has 0 aromatic carbocycles. The number of hydrogen-bond acceptors (Lipinski definition) is 4. The molecule has 3 aromatic rings. The van der Waals surface area contributed by atoms with Gasteiger partial charge in [-0.05, 0) is 48.8 Å². The minimum Gasteiger partial charge on any atom is -0.236 e. The minimum atomic E-state index is 0.871. The Morgan fingerprint density at radius 2 is 1.69 bits per heavy atom. The molecule has 138 valence electrons. The fraction of sp³-hybridized carbons (Fsp3) is 0.545. The number of aromatic nitrogens is 2. The normalized spacial score (nSPS) is 20.7. The first-order valence-corrected chi connectivity index (χ1v) is 11.7. The van der Waals surface area contributed by atoms with Crippen LogP contribution in [0.25, 0.3) is 20.1 Å². The quantitative estimate of drug-likeness (QED) is 0.451. The molecule has 3 aromatic heterocycles. The van der Waals surface area contributed by atoms with Gasteiger partial charge in [0.25, 0.3) is 0 Å². The van der Waals surface area contributed by atoms with E-state index in [0.717, 1.165) is 30.5 Å². The van der Waals surface area contributed by atoms with Crippen molar-refractivity contribution in [1.82, 2.24) is 9.97 Å². The Morgan fingerprint density at radius 1 is 0.962 bits per heavy atom. The molecule has 3 heterocycles. The SMILES string of the molecule is CCCc1cnc(-c2cc3sc(CCC4CCC(C)CC4)cc3s2)nc1. The lowest BCUT2D eigenvalue weighted by Gasteiger charge is -2.25. The molecule has 26 heavy (non-hydrogen) atoms. The Bertz CT molecular complexity index is 807. The molecule has 2 nitrogen and oxygen atoms in total. The van der Waals surface area contributed by atoms with Gasteiger partial charge in [-0.2, -0.15) is 0 Å². The third-order valence-electron chi connectivity index (χ3n) is 5.66. The summed E-state index contributed by atoms with van der Waals surface area (Å²) in [4.78, 5) is 11.9. The average Bonchev–Trinajstić information content (AvgIpc) is 3.21. The lowest BCUT2D eigenvalue weighted by atomic mass is 9.81. The van der Waals surface area contributed by atoms with E-state index in [-0.39, 0.29) is 0 Å². The number of rotatable bonds is 6. The Morgan fingerprint density at radius 3 is 2.38 bits per heavy atom. The smallest absolute Gasteiger partial charge is 0.169 e. The maximum absolute atomic E-state index is 4.57. The molecular weight excluding hydrogens is 356 g/mol. The molecule has 0 atom stereocenters. The van der Waals surface area contributed by atoms with Gasteiger partial charge in [-0.15, -0.1) is 22.7 Å². The zero-order valence-electron chi connectivity index (χ0n) is 15.8. The van der Waals surface area contributed by atoms with Crippen LogP contribution in [0.15, 0.2) is 24.5 Å². The maximum Gasteiger partial charge on any atom is 0.169 e. The molecule has 0 bridgehead atoms. The summed E-state index contributed by atoms with van der Waals surface area (Å²) in [5.41, 5.74) is 1.23. The van der Waals surface area contributed by atoms with Crippen LogP contribution in [0.3, 0.4) is 0 Å². The van der Waals surface area contributed by atoms with E-state index in [1.165, 1.54) is 58.4 Å². The van der Waals surface area contributed by atoms with Crippen molar-refractivity contribution < 1.29 is 0 Å². The molecule has 1 aliphatic rings. The van der Waals surface area contributed by atoms with E-state index in [4.69, 9.17) is 0 Å². The molecule has 0 saturated heterocycles. The van der Waals surface area contributed by atoms with Crippen LogP contribution in [0.4, 0.5) is 0 Å². The highest BCUT2D eigenvalue weighted by atomic mass is 32.1. The molecular formula is C22H28N2S2. The van der Waals surface area contributed by atoms with Crippen LogP contribution in [0, 0.1) is 11.8 Å². The van der Waals surface area contributed by atoms with Gasteiger partial charge in [0.15, 0.2) is 5.82 Å². The van der Waals surface area contributed by atoms with Gasteiger partial charge in [0, 0.05) is 26.7 Å². The van der Waals surface area contributed by atoms with Crippen molar-refractivity contribution in [2.45, 2.75) is 65.2 Å². The van der Waals surface area contributed by atoms with Crippen LogP contribution < -0.4 is 0 Å². The number of hydrogen-bond donors (Lipinski definition) is 0. The Labute approximate surface area is 164 Å². The van der Waals surface area contributed by atoms with E-state index < -0.39 is 0 Å². The molecule has 0 unspecified atom stereocenters. The van der Waals surface area contributed by atoms with E-state index in [0.29, 0.717) is 0 Å². The predicted molar refractivity (Wildman–Crippen MR) is 114 cm³/mol. The van der Waals surface area contributed by atoms with Crippen molar-refractivity contribution in [3.63, 3.8) is 0 Å². The van der Waals surface area contributed by atoms with Crippen LogP contribution in [0.5, 0.6) is 0 Å². The van der Waals surface area contributed by atoms with Gasteiger partial charge in [0.2, 0.25) is 0 Å². The van der Waals surface area contributed by atoms with Gasteiger partial charge in [-0.25, -0.2) is 9.97 Å². The molecule has 1 fully saturated rings. The number of thiophene rings is 2. The first kappa shape index (κ1) is 18.1. The van der Waals surface area contributed by atoms with Crippen LogP contribution in [-0.2, 0) is 12.8 Å². The largest absolute Gasteiger partial charge is 0.236 e. The van der Waals surface area contributed by atoms with Crippen molar-refractivity contribution in [1.29, 1.82) is 0 Å². The monoisotopic (exact) mass is 384 g/mol. The van der Waals surface area contributed by atoms with Crippen molar-refractivity contribution in [3.8, 4) is 10.7 Å². The van der Waals surface area contributed by atoms with E-state index in [1.807, 2.05) is 35.1 Å². The van der Waals surface area contributed by atoms with Gasteiger partial charge < -0.3 is 0 Å². The molecule has 0 N–H and O–H groups in total. The molecule has 1 aliphatic carbocycles. The topological polar surface area (TPSA) is 25.8 Å². The van der Waals surface area contributed by atoms with Gasteiger partial charge in [-0.3, -0.25) is 0 Å². The lowest BCUT2D eigenvalue weighted by molar-refractivity contribution is 0.278. The lowest BCUT2D eigenvalue weighted by Crippen LogP contribution is -2.12. The van der Waals surface area contributed by atoms with Crippen LogP contribution in [-0.4, -0.2) is 9.97 Å². The standard InChI is InChI=1S/C22H28N2S2/c1-3-4-17-13-23-22(24-14-17)21-12-20-19(26-21)11-18(25-20)10-9-16-7-5-15(2)6-8-16/h11-16H,3-10H2,1-2H3. The molecule has 0 radical (unpaired) electrons. The van der Waals surface area contributed by atoms with E-state index in [9.17, 15) is 0 Å². The molecule has 0 aliphatic heterocycles. The number of fused-ring (bicyclic) bond motifs is 1. The summed E-state index contributed by atoms with van der Waals surface area (Å²) < 4.78 is 2.80. The highest BCUT2D eigenvalue weighted by Crippen LogP contribution is 2.38. The van der Waals surface area contributed by atoms with E-state index in [2.05, 4.69) is 35.9 Å². The predicted octanol–water partition coefficient (Wildman–Crippen LogP) is 7.13. The Hall–Kier alpha value is -1.26. The first-order valence-electron chi connectivity index (χ1n) is 10.0. The third kappa shape index (κ3) is 4.17. The zero-order chi connectivity index (χ0) is 17.9. The van der Waals surface area contributed by atoms with Crippen molar-refractivity contribution >= 4 is 32.1 Å². The second-order valence-corrected chi connectivity index (χ2v) is 10.1. The highest BCUT2D eigenvalue weighted by Gasteiger charge is 2.18. The molecule has 4 rings (SSSR count). The molecule has 0 amide bonds. The average molecular weight is 385 g/mol. The Balaban J connectivity index is 1.40. The summed E-state index contributed by atoms with van der Waals surface area (Å²) in [5, 5.41) is 0. The fourth-order valence-electron chi connectivity index (χ4n) is 3.98. The molecule has 1 saturated carbocycles. The van der Waals surface area contributed by atoms with Gasteiger partial charge in [0.05, 0.1) is 4.88 Å². The summed E-state index contributed by atoms with van der Waals surface area (Å²) in [6.45, 7) is 4.59. The number of aryl methyl sites for hydroxylation is 2. The second-order valence-electron chi connectivity index (χ2n) is 7.88. The summed E-state index contributed by atoms with van der Waals surface area (Å²) in [6.07, 6.45) is 14.5. The van der Waals surface area contributed by atoms with Gasteiger partial charge >= 0.3 is 0 Å². The van der Waals surface area contributed by atoms with Crippen molar-refractivity contribution in [2.24, 2.45) is 11.8 Å². The van der Waals surface area contributed by atoms with E-state index in [1.54, 1.807) is 4.88 Å². The van der Waals surface area contributed by atoms with Gasteiger partial charge in [0.1, 0.15) is 0 Å².